The first-order valence-corrected chi connectivity index (χ1v) is 5.60. The summed E-state index contributed by atoms with van der Waals surface area (Å²) in [5.74, 6) is -0.178. The highest BCUT2D eigenvalue weighted by atomic mass is 16.5. The van der Waals surface area contributed by atoms with E-state index < -0.39 is 5.97 Å². The number of aromatic nitrogens is 2. The molecule has 2 aromatic rings. The molecule has 0 atom stereocenters. The number of hydrogen-bond donors (Lipinski definition) is 1. The number of carbonyl (C=O) groups is 1. The van der Waals surface area contributed by atoms with Crippen LogP contribution in [0.25, 0.3) is 0 Å². The molecule has 0 spiro atoms. The smallest absolute Gasteiger partial charge is 0.358 e. The minimum absolute atomic E-state index is 0.0859. The van der Waals surface area contributed by atoms with Crippen molar-refractivity contribution in [1.82, 2.24) is 9.97 Å². The van der Waals surface area contributed by atoms with Crippen molar-refractivity contribution in [3.63, 3.8) is 0 Å². The topological polar surface area (TPSA) is 90.8 Å². The van der Waals surface area contributed by atoms with Gasteiger partial charge in [-0.25, -0.2) is 9.78 Å². The fraction of sp³-hybridized carbons (Fsp3) is 0.154. The van der Waals surface area contributed by atoms with Crippen LogP contribution in [0, 0.1) is 0 Å². The molecule has 0 saturated carbocycles. The minimum Gasteiger partial charge on any atom is -0.496 e. The first-order chi connectivity index (χ1) is 9.63. The van der Waals surface area contributed by atoms with Gasteiger partial charge in [-0.2, -0.15) is 4.98 Å². The maximum absolute atomic E-state index is 11.0. The molecule has 0 radical (unpaired) electrons. The molecule has 0 unspecified atom stereocenters. The lowest BCUT2D eigenvalue weighted by Gasteiger charge is -2.09. The van der Waals surface area contributed by atoms with Crippen molar-refractivity contribution >= 4 is 5.97 Å². The van der Waals surface area contributed by atoms with Crippen molar-refractivity contribution in [2.45, 2.75) is 0 Å². The van der Waals surface area contributed by atoms with Crippen LogP contribution in [0.5, 0.6) is 23.3 Å². The lowest BCUT2D eigenvalue weighted by atomic mass is 10.3. The average molecular weight is 276 g/mol. The molecule has 2 heterocycles. The van der Waals surface area contributed by atoms with E-state index in [0.29, 0.717) is 11.6 Å². The molecule has 20 heavy (non-hydrogen) atoms. The largest absolute Gasteiger partial charge is 0.496 e. The summed E-state index contributed by atoms with van der Waals surface area (Å²) in [6.07, 6.45) is 1.37. The van der Waals surface area contributed by atoms with E-state index in [0.717, 1.165) is 0 Å². The van der Waals surface area contributed by atoms with Gasteiger partial charge in [0.15, 0.2) is 11.4 Å². The van der Waals surface area contributed by atoms with Crippen LogP contribution in [0.4, 0.5) is 0 Å². The summed E-state index contributed by atoms with van der Waals surface area (Å²) in [4.78, 5) is 18.8. The average Bonchev–Trinajstić information content (AvgIpc) is 2.47. The van der Waals surface area contributed by atoms with Crippen LogP contribution in [0.2, 0.25) is 0 Å². The summed E-state index contributed by atoms with van der Waals surface area (Å²) in [5, 5.41) is 9.03. The summed E-state index contributed by atoms with van der Waals surface area (Å²) >= 11 is 0. The Bertz CT molecular complexity index is 608. The second kappa shape index (κ2) is 5.87. The molecule has 7 nitrogen and oxygen atoms in total. The summed E-state index contributed by atoms with van der Waals surface area (Å²) in [6.45, 7) is 0. The van der Waals surface area contributed by atoms with E-state index in [9.17, 15) is 4.79 Å². The number of methoxy groups -OCH3 is 2. The zero-order chi connectivity index (χ0) is 14.5. The van der Waals surface area contributed by atoms with Crippen LogP contribution in [0.15, 0.2) is 30.5 Å². The van der Waals surface area contributed by atoms with Crippen molar-refractivity contribution in [2.75, 3.05) is 14.2 Å². The van der Waals surface area contributed by atoms with E-state index in [1.165, 1.54) is 32.5 Å². The highest BCUT2D eigenvalue weighted by molar-refractivity contribution is 5.88. The van der Waals surface area contributed by atoms with E-state index in [1.54, 1.807) is 12.1 Å². The highest BCUT2D eigenvalue weighted by Crippen LogP contribution is 2.28. The predicted molar refractivity (Wildman–Crippen MR) is 68.6 cm³/mol. The van der Waals surface area contributed by atoms with Crippen LogP contribution < -0.4 is 14.2 Å². The van der Waals surface area contributed by atoms with E-state index >= 15 is 0 Å². The van der Waals surface area contributed by atoms with E-state index in [4.69, 9.17) is 19.3 Å². The molecule has 0 amide bonds. The molecule has 2 rings (SSSR count). The van der Waals surface area contributed by atoms with Crippen LogP contribution in [-0.4, -0.2) is 35.3 Å². The predicted octanol–water partition coefficient (Wildman–Crippen LogP) is 1.98. The number of rotatable bonds is 5. The SMILES string of the molecule is COc1cc(OC)nc(Oc2cccnc2C(=O)O)c1. The number of ether oxygens (including phenoxy) is 3. The molecule has 7 heteroatoms. The number of nitrogens with zero attached hydrogens (tertiary/aromatic N) is 2. The third kappa shape index (κ3) is 2.94. The Kier molecular flexibility index (Phi) is 3.99. The maximum atomic E-state index is 11.0. The highest BCUT2D eigenvalue weighted by Gasteiger charge is 2.14. The van der Waals surface area contributed by atoms with Gasteiger partial charge in [0.2, 0.25) is 11.8 Å². The van der Waals surface area contributed by atoms with Gasteiger partial charge >= 0.3 is 5.97 Å². The van der Waals surface area contributed by atoms with Gasteiger partial charge in [-0.3, -0.25) is 0 Å². The van der Waals surface area contributed by atoms with Crippen LogP contribution in [0.1, 0.15) is 10.5 Å². The van der Waals surface area contributed by atoms with Crippen molar-refractivity contribution in [1.29, 1.82) is 0 Å². The molecule has 0 aliphatic carbocycles. The number of carboxylic acids is 1. The molecular weight excluding hydrogens is 264 g/mol. The van der Waals surface area contributed by atoms with Crippen molar-refractivity contribution in [2.24, 2.45) is 0 Å². The van der Waals surface area contributed by atoms with Gasteiger partial charge in [0.1, 0.15) is 5.75 Å². The molecule has 0 saturated heterocycles. The number of carboxylic acid groups (broad SMARTS) is 1. The molecular formula is C13H12N2O5. The summed E-state index contributed by atoms with van der Waals surface area (Å²) in [7, 11) is 2.95. The van der Waals surface area contributed by atoms with Crippen molar-refractivity contribution < 1.29 is 24.1 Å². The molecule has 0 aliphatic rings. The second-order valence-electron chi connectivity index (χ2n) is 3.64. The summed E-state index contributed by atoms with van der Waals surface area (Å²) in [6, 6.07) is 6.15. The third-order valence-corrected chi connectivity index (χ3v) is 2.38. The molecule has 0 aliphatic heterocycles. The minimum atomic E-state index is -1.18. The second-order valence-corrected chi connectivity index (χ2v) is 3.64. The lowest BCUT2D eigenvalue weighted by Crippen LogP contribution is -2.03. The molecule has 0 bridgehead atoms. The first-order valence-electron chi connectivity index (χ1n) is 5.60. The Labute approximate surface area is 114 Å². The van der Waals surface area contributed by atoms with Crippen molar-refractivity contribution in [3.8, 4) is 23.3 Å². The van der Waals surface area contributed by atoms with E-state index in [-0.39, 0.29) is 17.3 Å². The van der Waals surface area contributed by atoms with Crippen LogP contribution in [-0.2, 0) is 0 Å². The first kappa shape index (κ1) is 13.6. The number of hydrogen-bond acceptors (Lipinski definition) is 6. The quantitative estimate of drug-likeness (QED) is 0.892. The number of pyridine rings is 2. The van der Waals surface area contributed by atoms with Crippen molar-refractivity contribution in [3.05, 3.63) is 36.2 Å². The van der Waals surface area contributed by atoms with Gasteiger partial charge in [-0.15, -0.1) is 0 Å². The summed E-state index contributed by atoms with van der Waals surface area (Å²) < 4.78 is 15.5. The lowest BCUT2D eigenvalue weighted by molar-refractivity contribution is 0.0687. The van der Waals surface area contributed by atoms with Gasteiger partial charge < -0.3 is 19.3 Å². The summed E-state index contributed by atoms with van der Waals surface area (Å²) in [5.41, 5.74) is -0.198. The number of aromatic carboxylic acids is 1. The molecule has 1 N–H and O–H groups in total. The molecule has 0 fully saturated rings. The van der Waals surface area contributed by atoms with Gasteiger partial charge in [-0.1, -0.05) is 0 Å². The van der Waals surface area contributed by atoms with E-state index in [1.807, 2.05) is 0 Å². The zero-order valence-corrected chi connectivity index (χ0v) is 10.9. The molecule has 0 aromatic carbocycles. The zero-order valence-electron chi connectivity index (χ0n) is 10.9. The van der Waals surface area contributed by atoms with Crippen LogP contribution in [0.3, 0.4) is 0 Å². The van der Waals surface area contributed by atoms with Gasteiger partial charge in [0.25, 0.3) is 0 Å². The van der Waals surface area contributed by atoms with Crippen LogP contribution >= 0.6 is 0 Å². The normalized spacial score (nSPS) is 9.90. The van der Waals surface area contributed by atoms with Gasteiger partial charge in [0.05, 0.1) is 14.2 Å². The molecule has 2 aromatic heterocycles. The Morgan fingerprint density at radius 1 is 1.20 bits per heavy atom. The van der Waals surface area contributed by atoms with E-state index in [2.05, 4.69) is 9.97 Å². The van der Waals surface area contributed by atoms with Gasteiger partial charge in [0, 0.05) is 18.3 Å². The Morgan fingerprint density at radius 2 is 1.95 bits per heavy atom. The monoisotopic (exact) mass is 276 g/mol. The Hall–Kier alpha value is -2.83. The molecule has 104 valence electrons. The van der Waals surface area contributed by atoms with Gasteiger partial charge in [-0.05, 0) is 12.1 Å². The Morgan fingerprint density at radius 3 is 2.60 bits per heavy atom. The fourth-order valence-electron chi connectivity index (χ4n) is 1.48. The maximum Gasteiger partial charge on any atom is 0.358 e. The fourth-order valence-corrected chi connectivity index (χ4v) is 1.48. The Balaban J connectivity index is 2.37. The standard InChI is InChI=1S/C13H12N2O5/c1-18-8-6-10(19-2)15-11(7-8)20-9-4-3-5-14-12(9)13(16)17/h3-7H,1-2H3,(H,16,17). The third-order valence-electron chi connectivity index (χ3n) is 2.38.